The number of carbonyl (C=O) groups is 2. The maximum atomic E-state index is 12.4. The van der Waals surface area contributed by atoms with E-state index in [0.29, 0.717) is 26.2 Å². The lowest BCUT2D eigenvalue weighted by Crippen LogP contribution is -2.56. The average Bonchev–Trinajstić information content (AvgIpc) is 3.32. The van der Waals surface area contributed by atoms with Gasteiger partial charge < -0.3 is 19.6 Å². The van der Waals surface area contributed by atoms with Crippen LogP contribution >= 0.6 is 11.8 Å². The number of carbonyl (C=O) groups excluding carboxylic acids is 2. The van der Waals surface area contributed by atoms with Crippen LogP contribution in [0.5, 0.6) is 0 Å². The Kier molecular flexibility index (Phi) is 5.22. The van der Waals surface area contributed by atoms with Crippen LogP contribution in [0.4, 0.5) is 0 Å². The number of piperazine rings is 1. The minimum Gasteiger partial charge on any atom is -0.465 e. The molecule has 0 spiro atoms. The second kappa shape index (κ2) is 7.77. The third kappa shape index (κ3) is 4.19. The molecule has 4 heterocycles. The fourth-order valence-corrected chi connectivity index (χ4v) is 4.39. The van der Waals surface area contributed by atoms with Crippen molar-refractivity contribution in [3.63, 3.8) is 0 Å². The number of thioether (sulfide) groups is 1. The van der Waals surface area contributed by atoms with Crippen LogP contribution in [-0.4, -0.2) is 51.1 Å². The van der Waals surface area contributed by atoms with Crippen LogP contribution in [0.2, 0.25) is 0 Å². The Hall–Kier alpha value is -2.26. The number of aryl methyl sites for hydroxylation is 2. The van der Waals surface area contributed by atoms with E-state index in [2.05, 4.69) is 20.2 Å². The first-order valence-corrected chi connectivity index (χ1v) is 10.1. The van der Waals surface area contributed by atoms with Gasteiger partial charge in [0.05, 0.1) is 31.2 Å². The number of nitrogens with one attached hydrogen (secondary N) is 2. The number of fused-ring (bicyclic) bond motifs is 1. The summed E-state index contributed by atoms with van der Waals surface area (Å²) in [6, 6.07) is 3.32. The van der Waals surface area contributed by atoms with Crippen LogP contribution in [0.15, 0.2) is 27.9 Å². The lowest BCUT2D eigenvalue weighted by Gasteiger charge is -2.34. The van der Waals surface area contributed by atoms with Gasteiger partial charge in [0, 0.05) is 31.6 Å². The highest BCUT2D eigenvalue weighted by Crippen LogP contribution is 2.24. The molecular weight excluding hydrogens is 366 g/mol. The van der Waals surface area contributed by atoms with Crippen LogP contribution in [-0.2, 0) is 29.2 Å². The zero-order chi connectivity index (χ0) is 18.8. The second-order valence-electron chi connectivity index (χ2n) is 6.83. The molecule has 1 saturated heterocycles. The Balaban J connectivity index is 1.34. The predicted octanol–water partition coefficient (Wildman–Crippen LogP) is 0.897. The largest absolute Gasteiger partial charge is 0.465 e. The minimum atomic E-state index is -0.494. The van der Waals surface area contributed by atoms with Crippen LogP contribution in [0.3, 0.4) is 0 Å². The number of nitrogens with zero attached hydrogens (tertiary/aromatic N) is 3. The Bertz CT molecular complexity index is 824. The molecule has 0 aromatic carbocycles. The first kappa shape index (κ1) is 18.1. The first-order chi connectivity index (χ1) is 13.1. The Morgan fingerprint density at radius 3 is 3.11 bits per heavy atom. The lowest BCUT2D eigenvalue weighted by molar-refractivity contribution is -0.134. The fraction of sp³-hybridized carbons (Fsp3) is 0.500. The zero-order valence-corrected chi connectivity index (χ0v) is 16.1. The van der Waals surface area contributed by atoms with Gasteiger partial charge in [0.15, 0.2) is 5.16 Å². The molecule has 0 bridgehead atoms. The summed E-state index contributed by atoms with van der Waals surface area (Å²) >= 11 is 1.73. The molecule has 144 valence electrons. The summed E-state index contributed by atoms with van der Waals surface area (Å²) in [5, 5.41) is 6.74. The van der Waals surface area contributed by atoms with Gasteiger partial charge in [-0.1, -0.05) is 11.8 Å². The van der Waals surface area contributed by atoms with Gasteiger partial charge in [0.25, 0.3) is 0 Å². The smallest absolute Gasteiger partial charge is 0.237 e. The molecule has 2 aromatic rings. The summed E-state index contributed by atoms with van der Waals surface area (Å²) in [7, 11) is 0. The van der Waals surface area contributed by atoms with Crippen LogP contribution in [0.25, 0.3) is 0 Å². The van der Waals surface area contributed by atoms with Crippen molar-refractivity contribution in [1.29, 1.82) is 0 Å². The molecule has 2 aliphatic rings. The quantitative estimate of drug-likeness (QED) is 0.763. The average molecular weight is 389 g/mol. The van der Waals surface area contributed by atoms with E-state index in [1.165, 1.54) is 0 Å². The molecule has 2 amide bonds. The molecule has 1 fully saturated rings. The highest BCUT2D eigenvalue weighted by Gasteiger charge is 2.32. The van der Waals surface area contributed by atoms with E-state index >= 15 is 0 Å². The molecule has 8 nitrogen and oxygen atoms in total. The topological polar surface area (TPSA) is 92.4 Å². The predicted molar refractivity (Wildman–Crippen MR) is 100 cm³/mol. The van der Waals surface area contributed by atoms with Crippen molar-refractivity contribution in [1.82, 2.24) is 25.1 Å². The molecule has 27 heavy (non-hydrogen) atoms. The third-order valence-electron chi connectivity index (χ3n) is 4.80. The molecule has 9 heteroatoms. The number of hydrogen-bond donors (Lipinski definition) is 2. The van der Waals surface area contributed by atoms with Crippen molar-refractivity contribution < 1.29 is 14.0 Å². The van der Waals surface area contributed by atoms with Gasteiger partial charge in [-0.15, -0.1) is 0 Å². The molecule has 1 atom stereocenters. The highest BCUT2D eigenvalue weighted by molar-refractivity contribution is 7.99. The lowest BCUT2D eigenvalue weighted by atomic mass is 10.1. The molecule has 0 radical (unpaired) electrons. The van der Waals surface area contributed by atoms with Gasteiger partial charge in [0.2, 0.25) is 11.8 Å². The van der Waals surface area contributed by atoms with E-state index in [0.717, 1.165) is 34.7 Å². The number of furan rings is 1. The van der Waals surface area contributed by atoms with Crippen molar-refractivity contribution in [2.75, 3.05) is 18.8 Å². The fourth-order valence-electron chi connectivity index (χ4n) is 3.43. The summed E-state index contributed by atoms with van der Waals surface area (Å²) < 4.78 is 7.73. The number of rotatable bonds is 6. The molecule has 2 aromatic heterocycles. The van der Waals surface area contributed by atoms with Crippen LogP contribution in [0.1, 0.15) is 23.6 Å². The summed E-state index contributed by atoms with van der Waals surface area (Å²) in [5.41, 5.74) is 0.849. The third-order valence-corrected chi connectivity index (χ3v) is 5.77. The number of imidazole rings is 1. The van der Waals surface area contributed by atoms with Crippen molar-refractivity contribution in [2.24, 2.45) is 0 Å². The normalized spacial score (nSPS) is 19.7. The van der Waals surface area contributed by atoms with Gasteiger partial charge in [-0.3, -0.25) is 14.5 Å². The summed E-state index contributed by atoms with van der Waals surface area (Å²) in [4.78, 5) is 31.3. The molecule has 0 saturated carbocycles. The van der Waals surface area contributed by atoms with E-state index in [-0.39, 0.29) is 18.2 Å². The molecular formula is C18H23N5O3S. The van der Waals surface area contributed by atoms with Crippen molar-refractivity contribution in [3.8, 4) is 0 Å². The molecule has 0 aliphatic carbocycles. The van der Waals surface area contributed by atoms with Gasteiger partial charge in [-0.05, 0) is 19.1 Å². The molecule has 1 unspecified atom stereocenters. The van der Waals surface area contributed by atoms with Crippen LogP contribution in [0, 0.1) is 6.92 Å². The van der Waals surface area contributed by atoms with E-state index in [9.17, 15) is 9.59 Å². The Morgan fingerprint density at radius 2 is 2.33 bits per heavy atom. The Morgan fingerprint density at radius 1 is 1.44 bits per heavy atom. The SMILES string of the molecule is Cc1ccc(CN2CCNC(=O)C2CC(=O)NCc2cn3c(n2)SCC3)o1. The van der Waals surface area contributed by atoms with Gasteiger partial charge >= 0.3 is 0 Å². The number of amides is 2. The highest BCUT2D eigenvalue weighted by atomic mass is 32.2. The van der Waals surface area contributed by atoms with Crippen molar-refractivity contribution in [3.05, 3.63) is 35.5 Å². The van der Waals surface area contributed by atoms with Crippen molar-refractivity contribution in [2.45, 2.75) is 44.2 Å². The maximum Gasteiger partial charge on any atom is 0.237 e. The minimum absolute atomic E-state index is 0.114. The van der Waals surface area contributed by atoms with Gasteiger partial charge in [0.1, 0.15) is 11.5 Å². The molecule has 2 N–H and O–H groups in total. The molecule has 2 aliphatic heterocycles. The van der Waals surface area contributed by atoms with E-state index in [1.54, 1.807) is 11.8 Å². The van der Waals surface area contributed by atoms with Crippen molar-refractivity contribution >= 4 is 23.6 Å². The first-order valence-electron chi connectivity index (χ1n) is 9.11. The van der Waals surface area contributed by atoms with Gasteiger partial charge in [-0.25, -0.2) is 4.98 Å². The monoisotopic (exact) mass is 389 g/mol. The second-order valence-corrected chi connectivity index (χ2v) is 7.89. The summed E-state index contributed by atoms with van der Waals surface area (Å²) in [5.74, 6) is 2.43. The standard InChI is InChI=1S/C18H23N5O3S/c1-12-2-3-14(26-12)11-22-5-4-19-17(25)15(22)8-16(24)20-9-13-10-23-6-7-27-18(23)21-13/h2-3,10,15H,4-9,11H2,1H3,(H,19,25)(H,20,24). The number of aromatic nitrogens is 2. The number of hydrogen-bond acceptors (Lipinski definition) is 6. The van der Waals surface area contributed by atoms with E-state index in [4.69, 9.17) is 4.42 Å². The van der Waals surface area contributed by atoms with Crippen LogP contribution < -0.4 is 10.6 Å². The summed E-state index contributed by atoms with van der Waals surface area (Å²) in [6.45, 7) is 5.02. The zero-order valence-electron chi connectivity index (χ0n) is 15.2. The Labute approximate surface area is 161 Å². The van der Waals surface area contributed by atoms with Gasteiger partial charge in [-0.2, -0.15) is 0 Å². The maximum absolute atomic E-state index is 12.4. The van der Waals surface area contributed by atoms with E-state index < -0.39 is 6.04 Å². The summed E-state index contributed by atoms with van der Waals surface area (Å²) in [6.07, 6.45) is 2.10. The van der Waals surface area contributed by atoms with E-state index in [1.807, 2.05) is 30.2 Å². The molecule has 4 rings (SSSR count).